The molecular formula is C13H19NO3. The molecule has 1 unspecified atom stereocenters. The number of nitrogens with one attached hydrogen (secondary N) is 1. The molecule has 4 nitrogen and oxygen atoms in total. The molecule has 0 saturated carbocycles. The number of aliphatic hydroxyl groups is 1. The summed E-state index contributed by atoms with van der Waals surface area (Å²) in [4.78, 5) is 11.4. The molecule has 0 heterocycles. The smallest absolute Gasteiger partial charge is 0.257 e. The van der Waals surface area contributed by atoms with E-state index >= 15 is 0 Å². The fourth-order valence-corrected chi connectivity index (χ4v) is 1.33. The molecule has 2 N–H and O–H groups in total. The molecule has 0 aliphatic carbocycles. The molecule has 1 atom stereocenters. The summed E-state index contributed by atoms with van der Waals surface area (Å²) in [5.74, 6) is 0.548. The van der Waals surface area contributed by atoms with E-state index in [1.807, 2.05) is 31.2 Å². The highest BCUT2D eigenvalue weighted by Gasteiger charge is 2.04. The summed E-state index contributed by atoms with van der Waals surface area (Å²) in [6.45, 7) is 4.09. The van der Waals surface area contributed by atoms with Crippen LogP contribution in [0.2, 0.25) is 0 Å². The van der Waals surface area contributed by atoms with Crippen LogP contribution in [0, 0.1) is 6.92 Å². The van der Waals surface area contributed by atoms with Crippen LogP contribution in [0.4, 0.5) is 0 Å². The number of aryl methyl sites for hydroxylation is 1. The predicted molar refractivity (Wildman–Crippen MR) is 66.0 cm³/mol. The third-order valence-corrected chi connectivity index (χ3v) is 2.34. The molecule has 0 radical (unpaired) electrons. The van der Waals surface area contributed by atoms with E-state index in [9.17, 15) is 4.79 Å². The van der Waals surface area contributed by atoms with Crippen LogP contribution in [-0.4, -0.2) is 30.3 Å². The zero-order chi connectivity index (χ0) is 12.7. The van der Waals surface area contributed by atoms with Crippen LogP contribution in [0.3, 0.4) is 0 Å². The lowest BCUT2D eigenvalue weighted by atomic mass is 10.2. The highest BCUT2D eigenvalue weighted by Crippen LogP contribution is 2.15. The van der Waals surface area contributed by atoms with E-state index in [2.05, 4.69) is 5.32 Å². The van der Waals surface area contributed by atoms with Crippen LogP contribution in [0.15, 0.2) is 24.3 Å². The van der Waals surface area contributed by atoms with Gasteiger partial charge in [-0.05, 0) is 31.9 Å². The van der Waals surface area contributed by atoms with Crippen LogP contribution >= 0.6 is 0 Å². The van der Waals surface area contributed by atoms with Crippen molar-refractivity contribution in [3.63, 3.8) is 0 Å². The van der Waals surface area contributed by atoms with Crippen LogP contribution < -0.4 is 10.1 Å². The summed E-state index contributed by atoms with van der Waals surface area (Å²) >= 11 is 0. The molecule has 1 aromatic carbocycles. The molecule has 0 bridgehead atoms. The molecule has 0 aliphatic heterocycles. The van der Waals surface area contributed by atoms with Crippen molar-refractivity contribution >= 4 is 5.91 Å². The Bertz CT molecular complexity index is 363. The number of rotatable bonds is 6. The number of hydrogen-bond acceptors (Lipinski definition) is 3. The second-order valence-corrected chi connectivity index (χ2v) is 4.04. The molecule has 0 spiro atoms. The van der Waals surface area contributed by atoms with Crippen molar-refractivity contribution in [1.82, 2.24) is 5.32 Å². The maximum absolute atomic E-state index is 11.4. The topological polar surface area (TPSA) is 58.6 Å². The minimum Gasteiger partial charge on any atom is -0.484 e. The largest absolute Gasteiger partial charge is 0.484 e. The summed E-state index contributed by atoms with van der Waals surface area (Å²) in [5, 5.41) is 11.7. The number of hydrogen-bond donors (Lipinski definition) is 2. The van der Waals surface area contributed by atoms with Gasteiger partial charge in [-0.15, -0.1) is 0 Å². The van der Waals surface area contributed by atoms with Crippen molar-refractivity contribution in [3.05, 3.63) is 29.8 Å². The van der Waals surface area contributed by atoms with Gasteiger partial charge in [0.05, 0.1) is 6.10 Å². The molecule has 0 saturated heterocycles. The maximum Gasteiger partial charge on any atom is 0.257 e. The molecule has 1 aromatic rings. The number of carbonyl (C=O) groups excluding carboxylic acids is 1. The lowest BCUT2D eigenvalue weighted by Gasteiger charge is -2.09. The normalized spacial score (nSPS) is 11.9. The van der Waals surface area contributed by atoms with Crippen LogP contribution in [-0.2, 0) is 4.79 Å². The Morgan fingerprint density at radius 2 is 2.18 bits per heavy atom. The van der Waals surface area contributed by atoms with E-state index in [0.29, 0.717) is 13.0 Å². The highest BCUT2D eigenvalue weighted by atomic mass is 16.5. The van der Waals surface area contributed by atoms with E-state index in [1.54, 1.807) is 6.92 Å². The third-order valence-electron chi connectivity index (χ3n) is 2.34. The van der Waals surface area contributed by atoms with Crippen LogP contribution in [0.25, 0.3) is 0 Å². The van der Waals surface area contributed by atoms with Crippen LogP contribution in [0.1, 0.15) is 18.9 Å². The van der Waals surface area contributed by atoms with Crippen molar-refractivity contribution in [2.24, 2.45) is 0 Å². The quantitative estimate of drug-likeness (QED) is 0.783. The number of para-hydroxylation sites is 1. The first-order valence-electron chi connectivity index (χ1n) is 5.73. The van der Waals surface area contributed by atoms with Crippen molar-refractivity contribution < 1.29 is 14.6 Å². The lowest BCUT2D eigenvalue weighted by molar-refractivity contribution is -0.123. The van der Waals surface area contributed by atoms with Gasteiger partial charge < -0.3 is 15.2 Å². The average Bonchev–Trinajstić information content (AvgIpc) is 2.27. The van der Waals surface area contributed by atoms with Gasteiger partial charge in [0.1, 0.15) is 5.75 Å². The molecule has 17 heavy (non-hydrogen) atoms. The van der Waals surface area contributed by atoms with Crippen molar-refractivity contribution in [3.8, 4) is 5.75 Å². The molecule has 1 amide bonds. The first-order chi connectivity index (χ1) is 8.09. The van der Waals surface area contributed by atoms with Gasteiger partial charge in [0.25, 0.3) is 5.91 Å². The molecule has 0 aliphatic rings. The second-order valence-electron chi connectivity index (χ2n) is 4.04. The molecule has 4 heteroatoms. The first kappa shape index (κ1) is 13.5. The third kappa shape index (κ3) is 5.36. The predicted octanol–water partition coefficient (Wildman–Crippen LogP) is 1.26. The standard InChI is InChI=1S/C13H19NO3/c1-10-5-3-4-6-12(10)17-9-13(16)14-8-7-11(2)15/h3-6,11,15H,7-9H2,1-2H3,(H,14,16). The summed E-state index contributed by atoms with van der Waals surface area (Å²) in [5.41, 5.74) is 1.00. The average molecular weight is 237 g/mol. The second kappa shape index (κ2) is 6.91. The number of amides is 1. The molecule has 0 fully saturated rings. The molecule has 1 rings (SSSR count). The van der Waals surface area contributed by atoms with Gasteiger partial charge in [-0.1, -0.05) is 18.2 Å². The van der Waals surface area contributed by atoms with E-state index in [4.69, 9.17) is 9.84 Å². The highest BCUT2D eigenvalue weighted by molar-refractivity contribution is 5.77. The first-order valence-corrected chi connectivity index (χ1v) is 5.73. The molecule has 0 aromatic heterocycles. The van der Waals surface area contributed by atoms with E-state index in [0.717, 1.165) is 11.3 Å². The SMILES string of the molecule is Cc1ccccc1OCC(=O)NCCC(C)O. The zero-order valence-electron chi connectivity index (χ0n) is 10.3. The summed E-state index contributed by atoms with van der Waals surface area (Å²) in [6.07, 6.45) is 0.156. The summed E-state index contributed by atoms with van der Waals surface area (Å²) in [7, 11) is 0. The van der Waals surface area contributed by atoms with Crippen molar-refractivity contribution in [2.75, 3.05) is 13.2 Å². The Balaban J connectivity index is 2.26. The minimum absolute atomic E-state index is 0.00463. The number of benzene rings is 1. The number of carbonyl (C=O) groups is 1. The van der Waals surface area contributed by atoms with Gasteiger partial charge in [-0.3, -0.25) is 4.79 Å². The Kier molecular flexibility index (Phi) is 5.49. The van der Waals surface area contributed by atoms with Crippen LogP contribution in [0.5, 0.6) is 5.75 Å². The Morgan fingerprint density at radius 3 is 2.82 bits per heavy atom. The molecular weight excluding hydrogens is 218 g/mol. The summed E-state index contributed by atoms with van der Waals surface area (Å²) in [6, 6.07) is 7.55. The fourth-order valence-electron chi connectivity index (χ4n) is 1.33. The fraction of sp³-hybridized carbons (Fsp3) is 0.462. The maximum atomic E-state index is 11.4. The lowest BCUT2D eigenvalue weighted by Crippen LogP contribution is -2.31. The minimum atomic E-state index is -0.396. The van der Waals surface area contributed by atoms with Gasteiger partial charge in [0, 0.05) is 6.54 Å². The zero-order valence-corrected chi connectivity index (χ0v) is 10.3. The van der Waals surface area contributed by atoms with Gasteiger partial charge in [0.15, 0.2) is 6.61 Å². The van der Waals surface area contributed by atoms with E-state index in [-0.39, 0.29) is 12.5 Å². The van der Waals surface area contributed by atoms with E-state index < -0.39 is 6.10 Å². The van der Waals surface area contributed by atoms with Crippen molar-refractivity contribution in [1.29, 1.82) is 0 Å². The van der Waals surface area contributed by atoms with Gasteiger partial charge >= 0.3 is 0 Å². The van der Waals surface area contributed by atoms with Gasteiger partial charge in [0.2, 0.25) is 0 Å². The Labute approximate surface area is 102 Å². The Morgan fingerprint density at radius 1 is 1.47 bits per heavy atom. The summed E-state index contributed by atoms with van der Waals surface area (Å²) < 4.78 is 5.38. The number of ether oxygens (including phenoxy) is 1. The van der Waals surface area contributed by atoms with Gasteiger partial charge in [-0.25, -0.2) is 0 Å². The van der Waals surface area contributed by atoms with Crippen molar-refractivity contribution in [2.45, 2.75) is 26.4 Å². The number of aliphatic hydroxyl groups excluding tert-OH is 1. The Hall–Kier alpha value is -1.55. The monoisotopic (exact) mass is 237 g/mol. The molecule has 94 valence electrons. The van der Waals surface area contributed by atoms with Gasteiger partial charge in [-0.2, -0.15) is 0 Å². The van der Waals surface area contributed by atoms with E-state index in [1.165, 1.54) is 0 Å².